The summed E-state index contributed by atoms with van der Waals surface area (Å²) in [6.07, 6.45) is 2.94. The van der Waals surface area contributed by atoms with Gasteiger partial charge >= 0.3 is 5.97 Å². The van der Waals surface area contributed by atoms with E-state index in [0.717, 1.165) is 5.57 Å². The summed E-state index contributed by atoms with van der Waals surface area (Å²) in [5.41, 5.74) is 1.09. The average molecular weight is 142 g/mol. The maximum atomic E-state index is 10.3. The van der Waals surface area contributed by atoms with Crippen molar-refractivity contribution in [1.29, 1.82) is 0 Å². The Morgan fingerprint density at radius 3 is 2.80 bits per heavy atom. The van der Waals surface area contributed by atoms with Crippen LogP contribution in [-0.2, 0) is 9.53 Å². The molecule has 1 fully saturated rings. The van der Waals surface area contributed by atoms with Crippen molar-refractivity contribution in [3.8, 4) is 0 Å². The Balaban J connectivity index is 2.30. The molecule has 0 aromatic rings. The number of allylic oxidation sites excluding steroid dienone is 1. The molecule has 0 unspecified atom stereocenters. The summed E-state index contributed by atoms with van der Waals surface area (Å²) in [5.74, 6) is -0.866. The minimum atomic E-state index is -0.701. The number of carbonyl (C=O) groups is 1. The Hall–Kier alpha value is -0.990. The molecule has 56 valence electrons. The first-order chi connectivity index (χ1) is 4.74. The lowest BCUT2D eigenvalue weighted by molar-refractivity contribution is -0.143. The SMILES string of the molecule is COC=C1CC(C(=O)O)C1. The molecule has 0 aromatic carbocycles. The molecule has 10 heavy (non-hydrogen) atoms. The number of ether oxygens (including phenoxy) is 1. The fraction of sp³-hybridized carbons (Fsp3) is 0.571. The average Bonchev–Trinajstić information content (AvgIpc) is 1.76. The first-order valence-corrected chi connectivity index (χ1v) is 3.17. The molecule has 1 aliphatic rings. The van der Waals surface area contributed by atoms with Crippen LogP contribution in [0.2, 0.25) is 0 Å². The van der Waals surface area contributed by atoms with Gasteiger partial charge in [0.25, 0.3) is 0 Å². The lowest BCUT2D eigenvalue weighted by atomic mass is 9.81. The zero-order valence-corrected chi connectivity index (χ0v) is 5.83. The van der Waals surface area contributed by atoms with Gasteiger partial charge in [0.2, 0.25) is 0 Å². The third-order valence-electron chi connectivity index (χ3n) is 1.65. The molecule has 0 saturated heterocycles. The topological polar surface area (TPSA) is 46.5 Å². The van der Waals surface area contributed by atoms with Crippen LogP contribution in [0.5, 0.6) is 0 Å². The summed E-state index contributed by atoms with van der Waals surface area (Å²) in [6.45, 7) is 0. The molecule has 0 atom stereocenters. The van der Waals surface area contributed by atoms with Crippen LogP contribution in [-0.4, -0.2) is 18.2 Å². The molecular weight excluding hydrogens is 132 g/mol. The number of carboxylic acids is 1. The Morgan fingerprint density at radius 1 is 1.80 bits per heavy atom. The van der Waals surface area contributed by atoms with E-state index in [9.17, 15) is 4.79 Å². The summed E-state index contributed by atoms with van der Waals surface area (Å²) in [6, 6.07) is 0. The maximum Gasteiger partial charge on any atom is 0.307 e. The summed E-state index contributed by atoms with van der Waals surface area (Å²) in [7, 11) is 1.57. The molecule has 3 nitrogen and oxygen atoms in total. The summed E-state index contributed by atoms with van der Waals surface area (Å²) in [5, 5.41) is 8.45. The first-order valence-electron chi connectivity index (χ1n) is 3.17. The quantitative estimate of drug-likeness (QED) is 0.585. The highest BCUT2D eigenvalue weighted by atomic mass is 16.5. The summed E-state index contributed by atoms with van der Waals surface area (Å²) >= 11 is 0. The Kier molecular flexibility index (Phi) is 1.94. The van der Waals surface area contributed by atoms with Gasteiger partial charge in [-0.2, -0.15) is 0 Å². The van der Waals surface area contributed by atoms with E-state index in [1.54, 1.807) is 13.4 Å². The number of carboxylic acid groups (broad SMARTS) is 1. The molecule has 1 rings (SSSR count). The van der Waals surface area contributed by atoms with Gasteiger partial charge in [-0.05, 0) is 18.4 Å². The lowest BCUT2D eigenvalue weighted by Gasteiger charge is -2.24. The van der Waals surface area contributed by atoms with Crippen molar-refractivity contribution in [3.63, 3.8) is 0 Å². The van der Waals surface area contributed by atoms with E-state index >= 15 is 0 Å². The zero-order valence-electron chi connectivity index (χ0n) is 5.83. The van der Waals surface area contributed by atoms with Crippen molar-refractivity contribution in [1.82, 2.24) is 0 Å². The second-order valence-corrected chi connectivity index (χ2v) is 2.46. The van der Waals surface area contributed by atoms with E-state index in [0.29, 0.717) is 12.8 Å². The molecule has 1 N–H and O–H groups in total. The van der Waals surface area contributed by atoms with E-state index in [2.05, 4.69) is 0 Å². The van der Waals surface area contributed by atoms with Crippen LogP contribution < -0.4 is 0 Å². The number of rotatable bonds is 2. The molecule has 0 spiro atoms. The van der Waals surface area contributed by atoms with Gasteiger partial charge in [-0.15, -0.1) is 0 Å². The highest BCUT2D eigenvalue weighted by molar-refractivity contribution is 5.72. The summed E-state index contributed by atoms with van der Waals surface area (Å²) < 4.78 is 4.72. The van der Waals surface area contributed by atoms with Gasteiger partial charge in [-0.25, -0.2) is 0 Å². The van der Waals surface area contributed by atoms with Crippen LogP contribution in [0.3, 0.4) is 0 Å². The highest BCUT2D eigenvalue weighted by Gasteiger charge is 2.29. The van der Waals surface area contributed by atoms with Crippen molar-refractivity contribution < 1.29 is 14.6 Å². The third kappa shape index (κ3) is 1.29. The molecule has 0 bridgehead atoms. The van der Waals surface area contributed by atoms with Gasteiger partial charge in [0.1, 0.15) is 0 Å². The summed E-state index contributed by atoms with van der Waals surface area (Å²) in [4.78, 5) is 10.3. The second kappa shape index (κ2) is 2.73. The van der Waals surface area contributed by atoms with E-state index in [-0.39, 0.29) is 5.92 Å². The monoisotopic (exact) mass is 142 g/mol. The molecule has 0 radical (unpaired) electrons. The van der Waals surface area contributed by atoms with Gasteiger partial charge in [0.15, 0.2) is 0 Å². The molecule has 0 heterocycles. The molecule has 0 aliphatic heterocycles. The molecular formula is C7H10O3. The van der Waals surface area contributed by atoms with Crippen LogP contribution in [0.15, 0.2) is 11.8 Å². The van der Waals surface area contributed by atoms with Gasteiger partial charge < -0.3 is 9.84 Å². The van der Waals surface area contributed by atoms with Gasteiger partial charge in [0.05, 0.1) is 19.3 Å². The van der Waals surface area contributed by atoms with Gasteiger partial charge in [-0.1, -0.05) is 0 Å². The zero-order chi connectivity index (χ0) is 7.56. The van der Waals surface area contributed by atoms with E-state index in [1.807, 2.05) is 0 Å². The Bertz CT molecular complexity index is 164. The van der Waals surface area contributed by atoms with Crippen molar-refractivity contribution in [2.75, 3.05) is 7.11 Å². The smallest absolute Gasteiger partial charge is 0.307 e. The first kappa shape index (κ1) is 7.12. The highest BCUT2D eigenvalue weighted by Crippen LogP contribution is 2.32. The van der Waals surface area contributed by atoms with E-state index in [1.165, 1.54) is 0 Å². The van der Waals surface area contributed by atoms with Crippen LogP contribution in [0.25, 0.3) is 0 Å². The van der Waals surface area contributed by atoms with E-state index in [4.69, 9.17) is 9.84 Å². The van der Waals surface area contributed by atoms with Crippen molar-refractivity contribution in [2.45, 2.75) is 12.8 Å². The Morgan fingerprint density at radius 2 is 2.40 bits per heavy atom. The van der Waals surface area contributed by atoms with Crippen molar-refractivity contribution >= 4 is 5.97 Å². The predicted molar refractivity (Wildman–Crippen MR) is 35.5 cm³/mol. The maximum absolute atomic E-state index is 10.3. The fourth-order valence-corrected chi connectivity index (χ4v) is 1.01. The van der Waals surface area contributed by atoms with Crippen LogP contribution >= 0.6 is 0 Å². The minimum Gasteiger partial charge on any atom is -0.504 e. The number of methoxy groups -OCH3 is 1. The molecule has 0 aromatic heterocycles. The minimum absolute atomic E-state index is 0.165. The van der Waals surface area contributed by atoms with Crippen molar-refractivity contribution in [3.05, 3.63) is 11.8 Å². The lowest BCUT2D eigenvalue weighted by Crippen LogP contribution is -2.23. The second-order valence-electron chi connectivity index (χ2n) is 2.46. The van der Waals surface area contributed by atoms with Crippen LogP contribution in [0.1, 0.15) is 12.8 Å². The molecule has 3 heteroatoms. The Labute approximate surface area is 59.3 Å². The third-order valence-corrected chi connectivity index (χ3v) is 1.65. The largest absolute Gasteiger partial charge is 0.504 e. The number of hydrogen-bond donors (Lipinski definition) is 1. The van der Waals surface area contributed by atoms with Gasteiger partial charge in [-0.3, -0.25) is 4.79 Å². The molecule has 1 saturated carbocycles. The fourth-order valence-electron chi connectivity index (χ4n) is 1.01. The predicted octanol–water partition coefficient (Wildman–Crippen LogP) is 1.01. The van der Waals surface area contributed by atoms with Crippen molar-refractivity contribution in [2.24, 2.45) is 5.92 Å². The van der Waals surface area contributed by atoms with Gasteiger partial charge in [0, 0.05) is 0 Å². The standard InChI is InChI=1S/C7H10O3/c1-10-4-5-2-6(3-5)7(8)9/h4,6H,2-3H2,1H3,(H,8,9). The number of hydrogen-bond acceptors (Lipinski definition) is 2. The normalized spacial score (nSPS) is 23.3. The molecule has 1 aliphatic carbocycles. The van der Waals surface area contributed by atoms with Crippen LogP contribution in [0, 0.1) is 5.92 Å². The molecule has 0 amide bonds. The van der Waals surface area contributed by atoms with E-state index < -0.39 is 5.97 Å². The van der Waals surface area contributed by atoms with Crippen LogP contribution in [0.4, 0.5) is 0 Å². The number of aliphatic carboxylic acids is 1.